The van der Waals surface area contributed by atoms with E-state index in [1.165, 1.54) is 57.8 Å². The molecule has 0 bridgehead atoms. The number of rotatable bonds is 42. The number of carbonyl (C=O) groups is 2. The van der Waals surface area contributed by atoms with E-state index in [1.54, 1.807) is 0 Å². The number of hydrogen-bond acceptors (Lipinski definition) is 13. The van der Waals surface area contributed by atoms with Crippen LogP contribution in [-0.2, 0) is 46.3 Å². The Morgan fingerprint density at radius 2 is 0.726 bits per heavy atom. The summed E-state index contributed by atoms with van der Waals surface area (Å²) < 4.78 is 52.7. The van der Waals surface area contributed by atoms with Crippen molar-refractivity contribution in [3.63, 3.8) is 0 Å². The van der Waals surface area contributed by atoms with Gasteiger partial charge in [-0.25, -0.2) is 9.13 Å². The van der Waals surface area contributed by atoms with Crippen molar-refractivity contribution < 1.29 is 71.4 Å². The standard InChI is InChI=1S/C45H78O15P2/c1-3-5-7-9-11-13-15-17-18-19-20-22-24-26-28-30-32-34-45(50)56-36-42(47)38-58-62(53,54)60-40-43(48)39-59-61(51,52)57-37-41(46)35-55-44(49)33-31-29-27-25-23-21-16-14-12-10-8-6-4-2/h11,13,17-18,20-23,26-29,41-43,46-48H,3-10,12,14-16,19,24-25,30-40H2,1-2H3,(H,51,52)(H,53,54)/b13-11-,18-17-,22-20-,23-21-,28-26-,29-27+. The van der Waals surface area contributed by atoms with Gasteiger partial charge in [-0.05, 0) is 70.6 Å². The summed E-state index contributed by atoms with van der Waals surface area (Å²) in [5.74, 6) is -1.12. The lowest BCUT2D eigenvalue weighted by molar-refractivity contribution is -0.148. The molecule has 0 rings (SSSR count). The molecule has 0 aliphatic heterocycles. The van der Waals surface area contributed by atoms with Gasteiger partial charge in [0.15, 0.2) is 0 Å². The first-order valence-electron chi connectivity index (χ1n) is 22.3. The average molecular weight is 921 g/mol. The molecule has 0 aromatic rings. The van der Waals surface area contributed by atoms with E-state index in [-0.39, 0.29) is 12.8 Å². The van der Waals surface area contributed by atoms with Crippen LogP contribution in [0, 0.1) is 0 Å². The third-order valence-corrected chi connectivity index (χ3v) is 10.5. The zero-order valence-electron chi connectivity index (χ0n) is 37.3. The Kier molecular flexibility index (Phi) is 39.5. The molecule has 15 nitrogen and oxygen atoms in total. The molecule has 62 heavy (non-hydrogen) atoms. The second-order valence-corrected chi connectivity index (χ2v) is 17.6. The maximum atomic E-state index is 12.1. The Labute approximate surface area is 371 Å². The SMILES string of the molecule is CCCCC/C=C\C/C=C\C/C=C\C/C=C\CCCC(=O)OCC(O)COP(=O)(O)OCC(O)COP(=O)(O)OCC(O)COC(=O)CC/C=C/C/C=C\CCCCCCCC. The number of aliphatic hydroxyl groups is 3. The number of esters is 2. The summed E-state index contributed by atoms with van der Waals surface area (Å²) >= 11 is 0. The molecule has 0 aromatic carbocycles. The third-order valence-electron chi connectivity index (χ3n) is 8.65. The van der Waals surface area contributed by atoms with Gasteiger partial charge >= 0.3 is 27.6 Å². The maximum Gasteiger partial charge on any atom is 0.472 e. The number of aliphatic hydroxyl groups excluding tert-OH is 3. The highest BCUT2D eigenvalue weighted by Gasteiger charge is 2.28. The number of allylic oxidation sites excluding steroid dienone is 12. The first kappa shape index (κ1) is 59.5. The van der Waals surface area contributed by atoms with E-state index < -0.39 is 85.5 Å². The molecule has 0 aliphatic carbocycles. The molecule has 0 heterocycles. The number of unbranched alkanes of at least 4 members (excludes halogenated alkanes) is 10. The van der Waals surface area contributed by atoms with Crippen LogP contribution < -0.4 is 0 Å². The molecule has 0 amide bonds. The summed E-state index contributed by atoms with van der Waals surface area (Å²) in [7, 11) is -9.60. The molecule has 0 radical (unpaired) electrons. The van der Waals surface area contributed by atoms with Crippen molar-refractivity contribution in [2.45, 2.75) is 161 Å². The average Bonchev–Trinajstić information content (AvgIpc) is 3.24. The van der Waals surface area contributed by atoms with Crippen molar-refractivity contribution in [2.24, 2.45) is 0 Å². The van der Waals surface area contributed by atoms with Crippen molar-refractivity contribution in [3.05, 3.63) is 72.9 Å². The Morgan fingerprint density at radius 3 is 1.16 bits per heavy atom. The molecule has 0 fully saturated rings. The number of phosphoric acid groups is 2. The van der Waals surface area contributed by atoms with Crippen molar-refractivity contribution in [1.29, 1.82) is 0 Å². The number of carbonyl (C=O) groups excluding carboxylic acids is 2. The second kappa shape index (κ2) is 41.2. The van der Waals surface area contributed by atoms with Gasteiger partial charge in [0.25, 0.3) is 0 Å². The molecule has 5 unspecified atom stereocenters. The van der Waals surface area contributed by atoms with Gasteiger partial charge in [0.1, 0.15) is 31.5 Å². The third kappa shape index (κ3) is 42.8. The summed E-state index contributed by atoms with van der Waals surface area (Å²) in [6.07, 6.45) is 39.2. The minimum absolute atomic E-state index is 0.0869. The Hall–Kier alpha value is -2.52. The van der Waals surface area contributed by atoms with Crippen LogP contribution in [0.4, 0.5) is 0 Å². The van der Waals surface area contributed by atoms with Crippen LogP contribution in [0.5, 0.6) is 0 Å². The van der Waals surface area contributed by atoms with E-state index in [0.29, 0.717) is 19.3 Å². The number of hydrogen-bond donors (Lipinski definition) is 5. The van der Waals surface area contributed by atoms with Crippen molar-refractivity contribution in [1.82, 2.24) is 0 Å². The molecular formula is C45H78O15P2. The van der Waals surface area contributed by atoms with Gasteiger partial charge < -0.3 is 34.6 Å². The number of ether oxygens (including phenoxy) is 2. The monoisotopic (exact) mass is 920 g/mol. The van der Waals surface area contributed by atoms with Gasteiger partial charge in [-0.15, -0.1) is 0 Å². The fourth-order valence-corrected chi connectivity index (χ4v) is 6.73. The highest BCUT2D eigenvalue weighted by Crippen LogP contribution is 2.45. The first-order valence-corrected chi connectivity index (χ1v) is 25.3. The Morgan fingerprint density at radius 1 is 0.419 bits per heavy atom. The Balaban J connectivity index is 4.03. The van der Waals surface area contributed by atoms with E-state index in [9.17, 15) is 43.8 Å². The highest BCUT2D eigenvalue weighted by atomic mass is 31.2. The maximum absolute atomic E-state index is 12.1. The molecule has 0 aliphatic rings. The van der Waals surface area contributed by atoms with E-state index >= 15 is 0 Å². The largest absolute Gasteiger partial charge is 0.472 e. The van der Waals surface area contributed by atoms with Crippen molar-refractivity contribution in [2.75, 3.05) is 39.6 Å². The van der Waals surface area contributed by atoms with E-state index in [0.717, 1.165) is 38.5 Å². The lowest BCUT2D eigenvalue weighted by Gasteiger charge is -2.19. The fraction of sp³-hybridized carbons (Fsp3) is 0.689. The Bertz CT molecular complexity index is 1390. The van der Waals surface area contributed by atoms with Crippen LogP contribution in [0.3, 0.4) is 0 Å². The molecule has 0 saturated heterocycles. The predicted molar refractivity (Wildman–Crippen MR) is 242 cm³/mol. The summed E-state index contributed by atoms with van der Waals surface area (Å²) in [5.41, 5.74) is 0. The zero-order valence-corrected chi connectivity index (χ0v) is 39.0. The minimum atomic E-state index is -4.80. The first-order chi connectivity index (χ1) is 29.8. The molecule has 5 N–H and O–H groups in total. The van der Waals surface area contributed by atoms with Crippen LogP contribution >= 0.6 is 15.6 Å². The zero-order chi connectivity index (χ0) is 46.0. The molecular weight excluding hydrogens is 842 g/mol. The molecule has 0 spiro atoms. The quantitative estimate of drug-likeness (QED) is 0.0166. The lowest BCUT2D eigenvalue weighted by atomic mass is 10.1. The summed E-state index contributed by atoms with van der Waals surface area (Å²) in [6, 6.07) is 0. The van der Waals surface area contributed by atoms with Gasteiger partial charge in [-0.1, -0.05) is 132 Å². The van der Waals surface area contributed by atoms with Crippen LogP contribution in [0.15, 0.2) is 72.9 Å². The van der Waals surface area contributed by atoms with Crippen LogP contribution in [0.25, 0.3) is 0 Å². The highest BCUT2D eigenvalue weighted by molar-refractivity contribution is 7.47. The van der Waals surface area contributed by atoms with Crippen LogP contribution in [0.2, 0.25) is 0 Å². The summed E-state index contributed by atoms with van der Waals surface area (Å²) in [6.45, 7) is 0.214. The summed E-state index contributed by atoms with van der Waals surface area (Å²) in [4.78, 5) is 43.6. The van der Waals surface area contributed by atoms with E-state index in [2.05, 4.69) is 80.6 Å². The van der Waals surface area contributed by atoms with Crippen molar-refractivity contribution >= 4 is 27.6 Å². The number of phosphoric ester groups is 2. The van der Waals surface area contributed by atoms with E-state index in [1.807, 2.05) is 24.3 Å². The van der Waals surface area contributed by atoms with Gasteiger partial charge in [0, 0.05) is 12.8 Å². The predicted octanol–water partition coefficient (Wildman–Crippen LogP) is 9.60. The topological polar surface area (TPSA) is 225 Å². The molecule has 0 saturated carbocycles. The normalized spacial score (nSPS) is 15.9. The molecule has 0 aromatic heterocycles. The van der Waals surface area contributed by atoms with Gasteiger partial charge in [-0.2, -0.15) is 0 Å². The summed E-state index contributed by atoms with van der Waals surface area (Å²) in [5, 5.41) is 29.9. The molecule has 5 atom stereocenters. The molecule has 358 valence electrons. The smallest absolute Gasteiger partial charge is 0.463 e. The van der Waals surface area contributed by atoms with Gasteiger partial charge in [0.05, 0.1) is 26.4 Å². The van der Waals surface area contributed by atoms with Crippen molar-refractivity contribution in [3.8, 4) is 0 Å². The second-order valence-electron chi connectivity index (χ2n) is 14.7. The van der Waals surface area contributed by atoms with Crippen LogP contribution in [0.1, 0.15) is 142 Å². The minimum Gasteiger partial charge on any atom is -0.463 e. The molecule has 17 heteroatoms. The van der Waals surface area contributed by atoms with Crippen LogP contribution in [-0.4, -0.2) is 95.0 Å². The van der Waals surface area contributed by atoms with E-state index in [4.69, 9.17) is 9.47 Å². The van der Waals surface area contributed by atoms with Gasteiger partial charge in [0.2, 0.25) is 0 Å². The fourth-order valence-electron chi connectivity index (χ4n) is 5.14. The van der Waals surface area contributed by atoms with Gasteiger partial charge in [-0.3, -0.25) is 27.7 Å². The lowest BCUT2D eigenvalue weighted by Crippen LogP contribution is -2.25.